The van der Waals surface area contributed by atoms with Gasteiger partial charge in [-0.1, -0.05) is 41.9 Å². The standard InChI is InChI=1S/C15H14Cl2O2/c1-18-13-8-11(12(16)9-14(13)19-2)15(17)10-6-4-3-5-7-10/h3-9,15H,1-2H3. The molecular formula is C15H14Cl2O2. The van der Waals surface area contributed by atoms with Gasteiger partial charge in [0.15, 0.2) is 11.5 Å². The van der Waals surface area contributed by atoms with Crippen LogP contribution in [0.1, 0.15) is 16.5 Å². The lowest BCUT2D eigenvalue weighted by Crippen LogP contribution is -1.97. The first-order chi connectivity index (χ1) is 9.17. The third kappa shape index (κ3) is 2.96. The molecule has 19 heavy (non-hydrogen) atoms. The number of halogens is 2. The number of hydrogen-bond acceptors (Lipinski definition) is 2. The van der Waals surface area contributed by atoms with E-state index in [9.17, 15) is 0 Å². The Hall–Kier alpha value is -1.38. The summed E-state index contributed by atoms with van der Waals surface area (Å²) in [6.07, 6.45) is 0. The zero-order chi connectivity index (χ0) is 13.8. The molecule has 0 saturated heterocycles. The largest absolute Gasteiger partial charge is 0.493 e. The van der Waals surface area contributed by atoms with Crippen molar-refractivity contribution in [1.82, 2.24) is 0 Å². The van der Waals surface area contributed by atoms with Gasteiger partial charge in [-0.25, -0.2) is 0 Å². The van der Waals surface area contributed by atoms with Gasteiger partial charge in [-0.15, -0.1) is 11.6 Å². The Kier molecular flexibility index (Phi) is 4.56. The van der Waals surface area contributed by atoms with E-state index in [1.165, 1.54) is 0 Å². The lowest BCUT2D eigenvalue weighted by atomic mass is 10.0. The second kappa shape index (κ2) is 6.18. The Balaban J connectivity index is 2.45. The van der Waals surface area contributed by atoms with Crippen LogP contribution in [0.4, 0.5) is 0 Å². The van der Waals surface area contributed by atoms with Crippen molar-refractivity contribution < 1.29 is 9.47 Å². The first kappa shape index (κ1) is 14.0. The Bertz CT molecular complexity index is 556. The van der Waals surface area contributed by atoms with Crippen LogP contribution in [0.25, 0.3) is 0 Å². The molecule has 0 saturated carbocycles. The van der Waals surface area contributed by atoms with Gasteiger partial charge in [-0.2, -0.15) is 0 Å². The lowest BCUT2D eigenvalue weighted by Gasteiger charge is -2.15. The highest BCUT2D eigenvalue weighted by Crippen LogP contribution is 2.40. The summed E-state index contributed by atoms with van der Waals surface area (Å²) in [4.78, 5) is 0. The molecule has 2 rings (SSSR count). The third-order valence-corrected chi connectivity index (χ3v) is 3.68. The number of ether oxygens (including phenoxy) is 2. The van der Waals surface area contributed by atoms with E-state index in [1.807, 2.05) is 36.4 Å². The predicted octanol–water partition coefficient (Wildman–Crippen LogP) is 4.69. The summed E-state index contributed by atoms with van der Waals surface area (Å²) in [5, 5.41) is 0.231. The van der Waals surface area contributed by atoms with E-state index >= 15 is 0 Å². The van der Waals surface area contributed by atoms with Crippen LogP contribution in [-0.2, 0) is 0 Å². The minimum absolute atomic E-state index is 0.325. The minimum atomic E-state index is -0.325. The van der Waals surface area contributed by atoms with Crippen LogP contribution >= 0.6 is 23.2 Å². The zero-order valence-electron chi connectivity index (χ0n) is 10.7. The highest BCUT2D eigenvalue weighted by atomic mass is 35.5. The van der Waals surface area contributed by atoms with Gasteiger partial charge >= 0.3 is 0 Å². The molecule has 0 aliphatic rings. The lowest BCUT2D eigenvalue weighted by molar-refractivity contribution is 0.354. The average Bonchev–Trinajstić information content (AvgIpc) is 2.47. The van der Waals surface area contributed by atoms with E-state index in [0.717, 1.165) is 11.1 Å². The highest BCUT2D eigenvalue weighted by Gasteiger charge is 2.17. The van der Waals surface area contributed by atoms with Crippen LogP contribution in [0.15, 0.2) is 42.5 Å². The van der Waals surface area contributed by atoms with Crippen molar-refractivity contribution in [3.8, 4) is 11.5 Å². The minimum Gasteiger partial charge on any atom is -0.493 e. The van der Waals surface area contributed by atoms with E-state index in [4.69, 9.17) is 32.7 Å². The predicted molar refractivity (Wildman–Crippen MR) is 78.7 cm³/mol. The topological polar surface area (TPSA) is 18.5 Å². The van der Waals surface area contributed by atoms with Crippen molar-refractivity contribution in [1.29, 1.82) is 0 Å². The maximum absolute atomic E-state index is 6.48. The molecule has 0 aliphatic heterocycles. The van der Waals surface area contributed by atoms with E-state index in [1.54, 1.807) is 20.3 Å². The number of rotatable bonds is 4. The molecule has 0 N–H and O–H groups in total. The van der Waals surface area contributed by atoms with E-state index in [0.29, 0.717) is 16.5 Å². The first-order valence-electron chi connectivity index (χ1n) is 5.77. The van der Waals surface area contributed by atoms with Gasteiger partial charge in [0.25, 0.3) is 0 Å². The molecule has 0 heterocycles. The summed E-state index contributed by atoms with van der Waals surface area (Å²) in [6.45, 7) is 0. The second-order valence-electron chi connectivity index (χ2n) is 4.00. The van der Waals surface area contributed by atoms with Gasteiger partial charge in [0.2, 0.25) is 0 Å². The Morgan fingerprint density at radius 3 is 2.11 bits per heavy atom. The van der Waals surface area contributed by atoms with E-state index in [-0.39, 0.29) is 5.38 Å². The molecule has 2 aromatic rings. The molecule has 0 fully saturated rings. The van der Waals surface area contributed by atoms with E-state index in [2.05, 4.69) is 0 Å². The highest BCUT2D eigenvalue weighted by molar-refractivity contribution is 6.33. The van der Waals surface area contributed by atoms with E-state index < -0.39 is 0 Å². The Morgan fingerprint density at radius 1 is 0.947 bits per heavy atom. The summed E-state index contributed by atoms with van der Waals surface area (Å²) < 4.78 is 10.5. The molecule has 2 aromatic carbocycles. The van der Waals surface area contributed by atoms with Crippen molar-refractivity contribution in [3.63, 3.8) is 0 Å². The van der Waals surface area contributed by atoms with Crippen LogP contribution in [0.2, 0.25) is 5.02 Å². The molecule has 100 valence electrons. The summed E-state index contributed by atoms with van der Waals surface area (Å²) >= 11 is 12.7. The fraction of sp³-hybridized carbons (Fsp3) is 0.200. The van der Waals surface area contributed by atoms with Crippen molar-refractivity contribution in [2.45, 2.75) is 5.38 Å². The van der Waals surface area contributed by atoms with Gasteiger partial charge in [0, 0.05) is 11.1 Å². The molecule has 4 heteroatoms. The molecule has 1 unspecified atom stereocenters. The molecule has 0 amide bonds. The number of benzene rings is 2. The second-order valence-corrected chi connectivity index (χ2v) is 4.85. The SMILES string of the molecule is COc1cc(Cl)c(C(Cl)c2ccccc2)cc1OC. The summed E-state index contributed by atoms with van der Waals surface area (Å²) in [5.41, 5.74) is 1.78. The van der Waals surface area contributed by atoms with Crippen LogP contribution in [0.5, 0.6) is 11.5 Å². The summed E-state index contributed by atoms with van der Waals surface area (Å²) in [7, 11) is 3.16. The first-order valence-corrected chi connectivity index (χ1v) is 6.59. The van der Waals surface area contributed by atoms with Crippen molar-refractivity contribution in [3.05, 3.63) is 58.6 Å². The van der Waals surface area contributed by atoms with Gasteiger partial charge in [-0.3, -0.25) is 0 Å². The third-order valence-electron chi connectivity index (χ3n) is 2.87. The monoisotopic (exact) mass is 296 g/mol. The van der Waals surface area contributed by atoms with Gasteiger partial charge in [0.1, 0.15) is 0 Å². The summed E-state index contributed by atoms with van der Waals surface area (Å²) in [6, 6.07) is 13.3. The Morgan fingerprint density at radius 2 is 1.53 bits per heavy atom. The number of hydrogen-bond donors (Lipinski definition) is 0. The maximum atomic E-state index is 6.48. The van der Waals surface area contributed by atoms with Crippen LogP contribution < -0.4 is 9.47 Å². The molecule has 0 spiro atoms. The smallest absolute Gasteiger partial charge is 0.162 e. The molecular weight excluding hydrogens is 283 g/mol. The molecule has 1 atom stereocenters. The van der Waals surface area contributed by atoms with Crippen molar-refractivity contribution >= 4 is 23.2 Å². The van der Waals surface area contributed by atoms with Gasteiger partial charge in [-0.05, 0) is 17.2 Å². The molecule has 0 aliphatic carbocycles. The molecule has 0 aromatic heterocycles. The molecule has 0 radical (unpaired) electrons. The van der Waals surface area contributed by atoms with Crippen molar-refractivity contribution in [2.24, 2.45) is 0 Å². The molecule has 0 bridgehead atoms. The maximum Gasteiger partial charge on any atom is 0.162 e. The van der Waals surface area contributed by atoms with Gasteiger partial charge < -0.3 is 9.47 Å². The average molecular weight is 297 g/mol. The van der Waals surface area contributed by atoms with Gasteiger partial charge in [0.05, 0.1) is 19.6 Å². The summed E-state index contributed by atoms with van der Waals surface area (Å²) in [5.74, 6) is 1.21. The molecule has 2 nitrogen and oxygen atoms in total. The fourth-order valence-electron chi connectivity index (χ4n) is 1.87. The quantitative estimate of drug-likeness (QED) is 0.762. The van der Waals surface area contributed by atoms with Crippen LogP contribution in [0, 0.1) is 0 Å². The fourth-order valence-corrected chi connectivity index (χ4v) is 2.51. The number of methoxy groups -OCH3 is 2. The van der Waals surface area contributed by atoms with Crippen molar-refractivity contribution in [2.75, 3.05) is 14.2 Å². The Labute approximate surface area is 122 Å². The number of alkyl halides is 1. The van der Waals surface area contributed by atoms with Crippen LogP contribution in [-0.4, -0.2) is 14.2 Å². The normalized spacial score (nSPS) is 12.0. The van der Waals surface area contributed by atoms with Crippen LogP contribution in [0.3, 0.4) is 0 Å². The zero-order valence-corrected chi connectivity index (χ0v) is 12.2.